The summed E-state index contributed by atoms with van der Waals surface area (Å²) in [7, 11) is 1.79. The molecule has 5 heterocycles. The fraction of sp³-hybridized carbons (Fsp3) is 0.438. The summed E-state index contributed by atoms with van der Waals surface area (Å²) in [5.74, 6) is 2.34. The number of amides is 3. The van der Waals surface area contributed by atoms with Crippen molar-refractivity contribution in [2.45, 2.75) is 81.2 Å². The number of nitrogens with one attached hydrogen (secondary N) is 1. The van der Waals surface area contributed by atoms with Gasteiger partial charge in [0.15, 0.2) is 0 Å². The highest BCUT2D eigenvalue weighted by Gasteiger charge is 2.46. The summed E-state index contributed by atoms with van der Waals surface area (Å²) in [5.41, 5.74) is 8.98. The van der Waals surface area contributed by atoms with Gasteiger partial charge < -0.3 is 29.3 Å². The smallest absolute Gasteiger partial charge is 0.255 e. The Labute approximate surface area is 340 Å². The first-order valence-corrected chi connectivity index (χ1v) is 21.2. The number of carbonyl (C=O) groups excluding carboxylic acids is 3. The standard InChI is InChI=1S/C48H52N4O6/c1-57-42-25-34(8-11-38(42)45-36(31-5-3-2-4-6-31)10-7-32-23-35(53)9-12-37(32)45)51-19-15-30(16-20-51)27-50-21-17-48(18-22-50)29-58-43-26-39-33(24-40(43)48)28-52(47(39)56)41-13-14-44(54)49-46(41)55/h2-6,8-9,11-12,23-26,30,36,41,45,53H,7,10,13-22,27-29H2,1H3,(H,49,54,55)/t36-,41+,45+/m0/s1. The molecule has 3 amide bonds. The van der Waals surface area contributed by atoms with Crippen LogP contribution in [0.3, 0.4) is 0 Å². The van der Waals surface area contributed by atoms with Gasteiger partial charge >= 0.3 is 0 Å². The van der Waals surface area contributed by atoms with Gasteiger partial charge in [-0.2, -0.15) is 0 Å². The third kappa shape index (κ3) is 6.49. The molecular weight excluding hydrogens is 729 g/mol. The number of anilines is 1. The maximum absolute atomic E-state index is 13.4. The normalized spacial score (nSPS) is 24.3. The topological polar surface area (TPSA) is 112 Å². The van der Waals surface area contributed by atoms with E-state index in [0.717, 1.165) is 88.3 Å². The van der Waals surface area contributed by atoms with Crippen molar-refractivity contribution in [3.05, 3.63) is 118 Å². The molecule has 1 aliphatic carbocycles. The average Bonchev–Trinajstić information content (AvgIpc) is 3.76. The van der Waals surface area contributed by atoms with Gasteiger partial charge in [0, 0.05) is 72.4 Å². The summed E-state index contributed by atoms with van der Waals surface area (Å²) in [5, 5.41) is 12.7. The molecule has 0 radical (unpaired) electrons. The molecule has 6 aliphatic rings. The van der Waals surface area contributed by atoms with Crippen LogP contribution in [0.5, 0.6) is 17.2 Å². The number of methoxy groups -OCH3 is 1. The molecule has 10 nitrogen and oxygen atoms in total. The number of hydrogen-bond acceptors (Lipinski definition) is 8. The van der Waals surface area contributed by atoms with Crippen molar-refractivity contribution in [1.82, 2.24) is 15.1 Å². The molecule has 0 saturated carbocycles. The summed E-state index contributed by atoms with van der Waals surface area (Å²) in [4.78, 5) is 44.5. The van der Waals surface area contributed by atoms with Gasteiger partial charge in [-0.1, -0.05) is 42.5 Å². The molecular formula is C48H52N4O6. The van der Waals surface area contributed by atoms with Gasteiger partial charge in [-0.3, -0.25) is 19.7 Å². The van der Waals surface area contributed by atoms with E-state index in [4.69, 9.17) is 9.47 Å². The Morgan fingerprint density at radius 2 is 1.64 bits per heavy atom. The predicted molar refractivity (Wildman–Crippen MR) is 221 cm³/mol. The maximum Gasteiger partial charge on any atom is 0.255 e. The molecule has 4 aromatic carbocycles. The van der Waals surface area contributed by atoms with Crippen LogP contribution in [-0.4, -0.2) is 85.1 Å². The Kier molecular flexibility index (Phi) is 9.42. The SMILES string of the molecule is COc1cc(N2CCC(CN3CCC4(CC3)COc3cc5c(cc34)CN([C@@H]3CCC(=O)NC3=O)C5=O)CC2)ccc1[C@H]1c2ccc(O)cc2CC[C@H]1c1ccccc1. The lowest BCUT2D eigenvalue weighted by molar-refractivity contribution is -0.136. The molecule has 3 fully saturated rings. The number of piperidine rings is 3. The van der Waals surface area contributed by atoms with Crippen molar-refractivity contribution < 1.29 is 29.0 Å². The monoisotopic (exact) mass is 780 g/mol. The first-order valence-electron chi connectivity index (χ1n) is 21.2. The lowest BCUT2D eigenvalue weighted by Gasteiger charge is -2.41. The van der Waals surface area contributed by atoms with E-state index >= 15 is 0 Å². The lowest BCUT2D eigenvalue weighted by Crippen LogP contribution is -2.52. The molecule has 58 heavy (non-hydrogen) atoms. The third-order valence-corrected chi connectivity index (χ3v) is 14.4. The second-order valence-corrected chi connectivity index (χ2v) is 17.5. The van der Waals surface area contributed by atoms with Crippen LogP contribution in [0.15, 0.2) is 78.9 Å². The number of phenolic OH excluding ortho intramolecular Hbond substituents is 1. The third-order valence-electron chi connectivity index (χ3n) is 14.4. The van der Waals surface area contributed by atoms with E-state index in [9.17, 15) is 19.5 Å². The zero-order chi connectivity index (χ0) is 39.5. The molecule has 0 bridgehead atoms. The number of imide groups is 1. The highest BCUT2D eigenvalue weighted by atomic mass is 16.5. The van der Waals surface area contributed by atoms with Crippen molar-refractivity contribution in [3.63, 3.8) is 0 Å². The number of ether oxygens (including phenoxy) is 2. The Bertz CT molecular complexity index is 2260. The van der Waals surface area contributed by atoms with E-state index in [1.54, 1.807) is 12.0 Å². The highest BCUT2D eigenvalue weighted by Crippen LogP contribution is 2.51. The predicted octanol–water partition coefficient (Wildman–Crippen LogP) is 6.67. The fourth-order valence-corrected chi connectivity index (χ4v) is 11.1. The van der Waals surface area contributed by atoms with Crippen molar-refractivity contribution >= 4 is 23.4 Å². The van der Waals surface area contributed by atoms with Gasteiger partial charge in [-0.05, 0) is 122 Å². The van der Waals surface area contributed by atoms with Crippen LogP contribution in [0.4, 0.5) is 5.69 Å². The summed E-state index contributed by atoms with van der Waals surface area (Å²) >= 11 is 0. The van der Waals surface area contributed by atoms with E-state index in [1.807, 2.05) is 18.2 Å². The van der Waals surface area contributed by atoms with E-state index in [0.29, 0.717) is 42.7 Å². The van der Waals surface area contributed by atoms with Crippen LogP contribution in [0.1, 0.15) is 101 Å². The van der Waals surface area contributed by atoms with Crippen molar-refractivity contribution in [2.24, 2.45) is 5.92 Å². The Hall–Kier alpha value is -5.35. The van der Waals surface area contributed by atoms with Crippen LogP contribution in [0.25, 0.3) is 0 Å². The van der Waals surface area contributed by atoms with Gasteiger partial charge in [0.2, 0.25) is 11.8 Å². The number of likely N-dealkylation sites (tertiary alicyclic amines) is 1. The summed E-state index contributed by atoms with van der Waals surface area (Å²) in [6.45, 7) is 6.23. The average molecular weight is 781 g/mol. The number of aryl methyl sites for hydroxylation is 1. The number of rotatable bonds is 7. The van der Waals surface area contributed by atoms with Crippen molar-refractivity contribution in [1.29, 1.82) is 0 Å². The maximum atomic E-state index is 13.4. The Morgan fingerprint density at radius 3 is 2.41 bits per heavy atom. The Morgan fingerprint density at radius 1 is 0.845 bits per heavy atom. The second kappa shape index (κ2) is 14.8. The summed E-state index contributed by atoms with van der Waals surface area (Å²) in [6.07, 6.45) is 6.90. The number of nitrogens with zero attached hydrogens (tertiary/aromatic N) is 3. The molecule has 3 saturated heterocycles. The van der Waals surface area contributed by atoms with E-state index in [1.165, 1.54) is 33.5 Å². The zero-order valence-corrected chi connectivity index (χ0v) is 33.3. The van der Waals surface area contributed by atoms with Crippen LogP contribution >= 0.6 is 0 Å². The van der Waals surface area contributed by atoms with Gasteiger partial charge in [0.05, 0.1) is 13.7 Å². The quantitative estimate of drug-likeness (QED) is 0.200. The van der Waals surface area contributed by atoms with Crippen LogP contribution in [0.2, 0.25) is 0 Å². The molecule has 10 heteroatoms. The van der Waals surface area contributed by atoms with Crippen LogP contribution in [0, 0.1) is 5.92 Å². The minimum absolute atomic E-state index is 0.0524. The highest BCUT2D eigenvalue weighted by molar-refractivity contribution is 6.05. The largest absolute Gasteiger partial charge is 0.508 e. The minimum atomic E-state index is -0.614. The number of benzene rings is 4. The first-order chi connectivity index (χ1) is 28.3. The molecule has 4 aromatic rings. The van der Waals surface area contributed by atoms with Crippen molar-refractivity contribution in [2.75, 3.05) is 51.3 Å². The number of phenols is 1. The number of aromatic hydroxyl groups is 1. The Balaban J connectivity index is 0.775. The molecule has 10 rings (SSSR count). The lowest BCUT2D eigenvalue weighted by atomic mass is 9.69. The molecule has 1 spiro atoms. The van der Waals surface area contributed by atoms with E-state index < -0.39 is 6.04 Å². The van der Waals surface area contributed by atoms with Gasteiger partial charge in [0.1, 0.15) is 23.3 Å². The number of fused-ring (bicyclic) bond motifs is 4. The zero-order valence-electron chi connectivity index (χ0n) is 33.3. The van der Waals surface area contributed by atoms with Gasteiger partial charge in [-0.15, -0.1) is 0 Å². The molecule has 0 aromatic heterocycles. The van der Waals surface area contributed by atoms with Crippen molar-refractivity contribution in [3.8, 4) is 17.2 Å². The van der Waals surface area contributed by atoms with Gasteiger partial charge in [0.25, 0.3) is 5.91 Å². The van der Waals surface area contributed by atoms with Gasteiger partial charge in [-0.25, -0.2) is 0 Å². The number of hydrogen-bond donors (Lipinski definition) is 2. The molecule has 5 aliphatic heterocycles. The molecule has 3 atom stereocenters. The second-order valence-electron chi connectivity index (χ2n) is 17.5. The van der Waals surface area contributed by atoms with Crippen LogP contribution in [-0.2, 0) is 28.0 Å². The summed E-state index contributed by atoms with van der Waals surface area (Å²) in [6, 6.07) is 27.0. The van der Waals surface area contributed by atoms with E-state index in [-0.39, 0.29) is 35.5 Å². The summed E-state index contributed by atoms with van der Waals surface area (Å²) < 4.78 is 12.5. The van der Waals surface area contributed by atoms with E-state index in [2.05, 4.69) is 75.8 Å². The fourth-order valence-electron chi connectivity index (χ4n) is 11.1. The first kappa shape index (κ1) is 37.0. The molecule has 300 valence electrons. The minimum Gasteiger partial charge on any atom is -0.508 e. The molecule has 2 N–H and O–H groups in total. The molecule has 0 unspecified atom stereocenters. The number of carbonyl (C=O) groups is 3. The van der Waals surface area contributed by atoms with Crippen LogP contribution < -0.4 is 19.7 Å².